The predicted molar refractivity (Wildman–Crippen MR) is 108 cm³/mol. The Bertz CT molecular complexity index is 937. The van der Waals surface area contributed by atoms with Gasteiger partial charge in [-0.1, -0.05) is 30.3 Å². The van der Waals surface area contributed by atoms with Crippen LogP contribution in [-0.4, -0.2) is 18.0 Å². The number of benzene rings is 2. The summed E-state index contributed by atoms with van der Waals surface area (Å²) in [6.45, 7) is 4.61. The molecule has 27 heavy (non-hydrogen) atoms. The minimum Gasteiger partial charge on any atom is -0.496 e. The first kappa shape index (κ1) is 18.5. The summed E-state index contributed by atoms with van der Waals surface area (Å²) in [6.07, 6.45) is 1.57. The van der Waals surface area contributed by atoms with Crippen LogP contribution in [0.2, 0.25) is 0 Å². The number of anilines is 2. The summed E-state index contributed by atoms with van der Waals surface area (Å²) in [5.74, 6) is 1.35. The smallest absolute Gasteiger partial charge is 0.257 e. The number of carbonyl (C=O) groups excluding carboxylic acids is 1. The van der Waals surface area contributed by atoms with Crippen molar-refractivity contribution in [3.63, 3.8) is 0 Å². The highest BCUT2D eigenvalue weighted by Crippen LogP contribution is 2.20. The Morgan fingerprint density at radius 2 is 1.85 bits per heavy atom. The number of ether oxygens (including phenoxy) is 1. The van der Waals surface area contributed by atoms with Gasteiger partial charge in [-0.15, -0.1) is 0 Å². The number of nitrogens with zero attached hydrogens (tertiary/aromatic N) is 1. The highest BCUT2D eigenvalue weighted by molar-refractivity contribution is 6.04. The molecule has 5 heteroatoms. The van der Waals surface area contributed by atoms with Crippen LogP contribution in [0.25, 0.3) is 0 Å². The van der Waals surface area contributed by atoms with Gasteiger partial charge in [0.15, 0.2) is 0 Å². The third-order valence-electron chi connectivity index (χ3n) is 4.53. The zero-order valence-electron chi connectivity index (χ0n) is 15.7. The molecular weight excluding hydrogens is 338 g/mol. The predicted octanol–water partition coefficient (Wildman–Crippen LogP) is 4.57. The highest BCUT2D eigenvalue weighted by atomic mass is 16.5. The number of hydrogen-bond donors (Lipinski definition) is 2. The molecular formula is C22H23N3O2. The number of aromatic nitrogens is 1. The van der Waals surface area contributed by atoms with E-state index in [0.717, 1.165) is 28.1 Å². The number of aryl methyl sites for hydroxylation is 1. The van der Waals surface area contributed by atoms with Gasteiger partial charge in [0.1, 0.15) is 11.6 Å². The van der Waals surface area contributed by atoms with Crippen LogP contribution in [0.15, 0.2) is 60.8 Å². The second kappa shape index (κ2) is 8.36. The molecule has 3 aromatic rings. The van der Waals surface area contributed by atoms with Crippen LogP contribution in [0.4, 0.5) is 11.5 Å². The van der Waals surface area contributed by atoms with Gasteiger partial charge in [0.2, 0.25) is 0 Å². The lowest BCUT2D eigenvalue weighted by molar-refractivity contribution is 0.102. The summed E-state index contributed by atoms with van der Waals surface area (Å²) in [4.78, 5) is 16.8. The van der Waals surface area contributed by atoms with Crippen molar-refractivity contribution >= 4 is 17.4 Å². The fourth-order valence-electron chi connectivity index (χ4n) is 2.75. The van der Waals surface area contributed by atoms with Gasteiger partial charge in [-0.2, -0.15) is 0 Å². The SMILES string of the molecule is COc1ccccc1CNc1ccc(C(=O)Nc2cccc(C)c2C)cn1. The minimum absolute atomic E-state index is 0.174. The average molecular weight is 361 g/mol. The van der Waals surface area contributed by atoms with Gasteiger partial charge in [-0.05, 0) is 49.2 Å². The topological polar surface area (TPSA) is 63.2 Å². The zero-order chi connectivity index (χ0) is 19.2. The van der Waals surface area contributed by atoms with E-state index >= 15 is 0 Å². The molecule has 0 saturated carbocycles. The molecule has 1 aromatic heterocycles. The summed E-state index contributed by atoms with van der Waals surface area (Å²) >= 11 is 0. The van der Waals surface area contributed by atoms with Gasteiger partial charge in [-0.25, -0.2) is 4.98 Å². The van der Waals surface area contributed by atoms with E-state index in [-0.39, 0.29) is 5.91 Å². The molecule has 0 atom stereocenters. The maximum atomic E-state index is 12.5. The summed E-state index contributed by atoms with van der Waals surface area (Å²) in [7, 11) is 1.65. The van der Waals surface area contributed by atoms with Crippen LogP contribution >= 0.6 is 0 Å². The van der Waals surface area contributed by atoms with Crippen molar-refractivity contribution in [1.29, 1.82) is 0 Å². The van der Waals surface area contributed by atoms with Crippen LogP contribution in [0.3, 0.4) is 0 Å². The first-order valence-corrected chi connectivity index (χ1v) is 8.78. The van der Waals surface area contributed by atoms with Gasteiger partial charge < -0.3 is 15.4 Å². The van der Waals surface area contributed by atoms with Crippen molar-refractivity contribution in [2.45, 2.75) is 20.4 Å². The van der Waals surface area contributed by atoms with Crippen LogP contribution in [0.5, 0.6) is 5.75 Å². The van der Waals surface area contributed by atoms with E-state index in [1.54, 1.807) is 25.4 Å². The third kappa shape index (κ3) is 4.44. The Hall–Kier alpha value is -3.34. The number of pyridine rings is 1. The van der Waals surface area contributed by atoms with Gasteiger partial charge in [0.05, 0.1) is 12.7 Å². The number of hydrogen-bond acceptors (Lipinski definition) is 4. The van der Waals surface area contributed by atoms with E-state index in [4.69, 9.17) is 4.74 Å². The fraction of sp³-hybridized carbons (Fsp3) is 0.182. The Morgan fingerprint density at radius 1 is 1.04 bits per heavy atom. The van der Waals surface area contributed by atoms with Crippen molar-refractivity contribution in [3.05, 3.63) is 83.0 Å². The zero-order valence-corrected chi connectivity index (χ0v) is 15.7. The molecule has 0 radical (unpaired) electrons. The molecule has 0 spiro atoms. The fourth-order valence-corrected chi connectivity index (χ4v) is 2.75. The largest absolute Gasteiger partial charge is 0.496 e. The molecule has 0 saturated heterocycles. The van der Waals surface area contributed by atoms with Crippen LogP contribution in [0, 0.1) is 13.8 Å². The van der Waals surface area contributed by atoms with Gasteiger partial charge >= 0.3 is 0 Å². The second-order valence-corrected chi connectivity index (χ2v) is 6.30. The van der Waals surface area contributed by atoms with E-state index in [1.165, 1.54) is 0 Å². The first-order chi connectivity index (χ1) is 13.1. The molecule has 0 unspecified atom stereocenters. The van der Waals surface area contributed by atoms with Crippen LogP contribution in [-0.2, 0) is 6.54 Å². The molecule has 138 valence electrons. The van der Waals surface area contributed by atoms with Crippen molar-refractivity contribution in [1.82, 2.24) is 4.98 Å². The Balaban J connectivity index is 1.64. The lowest BCUT2D eigenvalue weighted by Crippen LogP contribution is -2.13. The molecule has 0 bridgehead atoms. The third-order valence-corrected chi connectivity index (χ3v) is 4.53. The highest BCUT2D eigenvalue weighted by Gasteiger charge is 2.09. The molecule has 0 aliphatic rings. The van der Waals surface area contributed by atoms with Gasteiger partial charge in [0.25, 0.3) is 5.91 Å². The number of para-hydroxylation sites is 1. The summed E-state index contributed by atoms with van der Waals surface area (Å²) < 4.78 is 5.35. The normalized spacial score (nSPS) is 10.3. The monoisotopic (exact) mass is 361 g/mol. The lowest BCUT2D eigenvalue weighted by atomic mass is 10.1. The molecule has 1 amide bonds. The standard InChI is InChI=1S/C22H23N3O2/c1-15-7-6-9-19(16(15)2)25-22(26)18-11-12-21(24-14-18)23-13-17-8-4-5-10-20(17)27-3/h4-12,14H,13H2,1-3H3,(H,23,24)(H,25,26). The van der Waals surface area contributed by atoms with E-state index in [1.807, 2.05) is 56.3 Å². The van der Waals surface area contributed by atoms with Gasteiger partial charge in [0, 0.05) is 24.0 Å². The maximum absolute atomic E-state index is 12.5. The quantitative estimate of drug-likeness (QED) is 0.675. The molecule has 3 rings (SSSR count). The molecule has 0 aliphatic carbocycles. The Morgan fingerprint density at radius 3 is 2.59 bits per heavy atom. The minimum atomic E-state index is -0.174. The molecule has 2 N–H and O–H groups in total. The van der Waals surface area contributed by atoms with Crippen LogP contribution < -0.4 is 15.4 Å². The van der Waals surface area contributed by atoms with Crippen molar-refractivity contribution < 1.29 is 9.53 Å². The molecule has 0 fully saturated rings. The molecule has 1 heterocycles. The Labute approximate surface area is 159 Å². The van der Waals surface area contributed by atoms with Crippen molar-refractivity contribution in [2.24, 2.45) is 0 Å². The molecule has 2 aromatic carbocycles. The van der Waals surface area contributed by atoms with E-state index in [0.29, 0.717) is 17.9 Å². The summed E-state index contributed by atoms with van der Waals surface area (Å²) in [5, 5.41) is 6.19. The van der Waals surface area contributed by atoms with E-state index in [9.17, 15) is 4.79 Å². The summed E-state index contributed by atoms with van der Waals surface area (Å²) in [6, 6.07) is 17.2. The van der Waals surface area contributed by atoms with Crippen molar-refractivity contribution in [2.75, 3.05) is 17.7 Å². The Kier molecular flexibility index (Phi) is 5.71. The van der Waals surface area contributed by atoms with E-state index < -0.39 is 0 Å². The number of nitrogens with one attached hydrogen (secondary N) is 2. The molecule has 5 nitrogen and oxygen atoms in total. The van der Waals surface area contributed by atoms with Gasteiger partial charge in [-0.3, -0.25) is 4.79 Å². The first-order valence-electron chi connectivity index (χ1n) is 8.78. The number of methoxy groups -OCH3 is 1. The number of rotatable bonds is 6. The second-order valence-electron chi connectivity index (χ2n) is 6.30. The average Bonchev–Trinajstić information content (AvgIpc) is 2.70. The van der Waals surface area contributed by atoms with Crippen molar-refractivity contribution in [3.8, 4) is 5.75 Å². The summed E-state index contributed by atoms with van der Waals surface area (Å²) in [5.41, 5.74) is 4.58. The maximum Gasteiger partial charge on any atom is 0.257 e. The van der Waals surface area contributed by atoms with Crippen LogP contribution in [0.1, 0.15) is 27.0 Å². The number of amides is 1. The molecule has 0 aliphatic heterocycles. The lowest BCUT2D eigenvalue weighted by Gasteiger charge is -2.11. The van der Waals surface area contributed by atoms with E-state index in [2.05, 4.69) is 15.6 Å². The number of carbonyl (C=O) groups is 1.